The summed E-state index contributed by atoms with van der Waals surface area (Å²) in [6.45, 7) is 3.29. The number of hydrogen-bond donors (Lipinski definition) is 0. The van der Waals surface area contributed by atoms with Gasteiger partial charge >= 0.3 is 0 Å². The molecular formula is C21H26N6O. The third-order valence-corrected chi connectivity index (χ3v) is 4.99. The molecule has 4 heterocycles. The zero-order valence-corrected chi connectivity index (χ0v) is 16.6. The van der Waals surface area contributed by atoms with Crippen molar-refractivity contribution in [1.29, 1.82) is 0 Å². The molecule has 0 amide bonds. The number of anilines is 1. The highest BCUT2D eigenvalue weighted by atomic mass is 16.5. The zero-order chi connectivity index (χ0) is 19.5. The van der Waals surface area contributed by atoms with E-state index in [1.807, 2.05) is 52.0 Å². The standard InChI is InChI=1S/C21H26N6O/c1-25(2)21-17(5-4-8-22-21)14-27-9-10-28-20(15-27)19-7-6-16(11-23-19)18-12-24-26(3)13-18/h4-8,11-13,20H,9-10,14-15H2,1-3H3/t20-/m0/s1. The maximum Gasteiger partial charge on any atom is 0.132 e. The molecule has 1 aliphatic rings. The molecule has 4 rings (SSSR count). The van der Waals surface area contributed by atoms with Gasteiger partial charge < -0.3 is 9.64 Å². The summed E-state index contributed by atoms with van der Waals surface area (Å²) in [7, 11) is 5.98. The lowest BCUT2D eigenvalue weighted by Gasteiger charge is -2.33. The van der Waals surface area contributed by atoms with Gasteiger partial charge in [-0.15, -0.1) is 0 Å². The first-order valence-corrected chi connectivity index (χ1v) is 9.50. The maximum atomic E-state index is 6.01. The van der Waals surface area contributed by atoms with Crippen molar-refractivity contribution in [2.24, 2.45) is 7.05 Å². The summed E-state index contributed by atoms with van der Waals surface area (Å²) < 4.78 is 7.81. The molecule has 3 aromatic rings. The van der Waals surface area contributed by atoms with E-state index in [2.05, 4.69) is 43.1 Å². The van der Waals surface area contributed by atoms with Crippen LogP contribution in [0.5, 0.6) is 0 Å². The molecule has 0 radical (unpaired) electrons. The van der Waals surface area contributed by atoms with E-state index in [1.165, 1.54) is 5.56 Å². The zero-order valence-electron chi connectivity index (χ0n) is 16.6. The first-order valence-electron chi connectivity index (χ1n) is 9.50. The van der Waals surface area contributed by atoms with Crippen LogP contribution in [0.1, 0.15) is 17.4 Å². The minimum Gasteiger partial charge on any atom is -0.369 e. The van der Waals surface area contributed by atoms with Gasteiger partial charge in [-0.1, -0.05) is 12.1 Å². The molecule has 0 bridgehead atoms. The Bertz CT molecular complexity index is 921. The summed E-state index contributed by atoms with van der Waals surface area (Å²) in [5, 5.41) is 4.22. The molecule has 1 fully saturated rings. The van der Waals surface area contributed by atoms with Crippen LogP contribution in [0.25, 0.3) is 11.1 Å². The van der Waals surface area contributed by atoms with Gasteiger partial charge in [0.25, 0.3) is 0 Å². The van der Waals surface area contributed by atoms with E-state index >= 15 is 0 Å². The summed E-state index contributed by atoms with van der Waals surface area (Å²) in [5.74, 6) is 1.02. The number of aromatic nitrogens is 4. The molecule has 7 nitrogen and oxygen atoms in total. The normalized spacial score (nSPS) is 17.6. The number of hydrogen-bond acceptors (Lipinski definition) is 6. The Kier molecular flexibility index (Phi) is 5.36. The second kappa shape index (κ2) is 8.08. The number of ether oxygens (including phenoxy) is 1. The lowest BCUT2D eigenvalue weighted by molar-refractivity contribution is -0.0349. The topological polar surface area (TPSA) is 59.3 Å². The predicted molar refractivity (Wildman–Crippen MR) is 109 cm³/mol. The van der Waals surface area contributed by atoms with Gasteiger partial charge in [-0.2, -0.15) is 5.10 Å². The number of morpholine rings is 1. The van der Waals surface area contributed by atoms with Crippen LogP contribution in [0, 0.1) is 0 Å². The van der Waals surface area contributed by atoms with Crippen LogP contribution in [0.3, 0.4) is 0 Å². The van der Waals surface area contributed by atoms with Crippen LogP contribution < -0.4 is 4.90 Å². The highest BCUT2D eigenvalue weighted by Crippen LogP contribution is 2.25. The molecule has 0 aliphatic carbocycles. The summed E-state index contributed by atoms with van der Waals surface area (Å²) in [5.41, 5.74) is 4.33. The largest absolute Gasteiger partial charge is 0.369 e. The van der Waals surface area contributed by atoms with Crippen molar-refractivity contribution in [2.75, 3.05) is 38.7 Å². The van der Waals surface area contributed by atoms with E-state index < -0.39 is 0 Å². The lowest BCUT2D eigenvalue weighted by Crippen LogP contribution is -2.38. The third kappa shape index (κ3) is 4.05. The average molecular weight is 378 g/mol. The molecular weight excluding hydrogens is 352 g/mol. The summed E-state index contributed by atoms with van der Waals surface area (Å²) in [6.07, 6.45) is 7.57. The second-order valence-electron chi connectivity index (χ2n) is 7.35. The van der Waals surface area contributed by atoms with Crippen LogP contribution in [0.4, 0.5) is 5.82 Å². The molecule has 146 valence electrons. The number of pyridine rings is 2. The molecule has 0 aromatic carbocycles. The predicted octanol–water partition coefficient (Wildman–Crippen LogP) is 2.52. The van der Waals surface area contributed by atoms with Gasteiger partial charge in [-0.3, -0.25) is 14.6 Å². The molecule has 0 spiro atoms. The smallest absolute Gasteiger partial charge is 0.132 e. The van der Waals surface area contributed by atoms with Crippen molar-refractivity contribution in [1.82, 2.24) is 24.6 Å². The van der Waals surface area contributed by atoms with Gasteiger partial charge in [0.2, 0.25) is 0 Å². The number of nitrogens with zero attached hydrogens (tertiary/aromatic N) is 6. The van der Waals surface area contributed by atoms with Gasteiger partial charge in [-0.05, 0) is 12.1 Å². The minimum absolute atomic E-state index is 0.0174. The Labute approximate surface area is 165 Å². The molecule has 0 saturated carbocycles. The Morgan fingerprint density at radius 3 is 2.75 bits per heavy atom. The van der Waals surface area contributed by atoms with Crippen LogP contribution in [-0.4, -0.2) is 58.4 Å². The summed E-state index contributed by atoms with van der Waals surface area (Å²) in [6, 6.07) is 8.30. The van der Waals surface area contributed by atoms with Crippen LogP contribution in [0.2, 0.25) is 0 Å². The maximum absolute atomic E-state index is 6.01. The number of aryl methyl sites for hydroxylation is 1. The van der Waals surface area contributed by atoms with Crippen molar-refractivity contribution >= 4 is 5.82 Å². The quantitative estimate of drug-likeness (QED) is 0.680. The molecule has 1 saturated heterocycles. The van der Waals surface area contributed by atoms with E-state index in [4.69, 9.17) is 4.74 Å². The fraction of sp³-hybridized carbons (Fsp3) is 0.381. The minimum atomic E-state index is -0.0174. The number of rotatable bonds is 5. The van der Waals surface area contributed by atoms with Gasteiger partial charge in [0.05, 0.1) is 18.5 Å². The van der Waals surface area contributed by atoms with Crippen molar-refractivity contribution < 1.29 is 4.74 Å². The van der Waals surface area contributed by atoms with Gasteiger partial charge in [0, 0.05) is 76.1 Å². The molecule has 0 unspecified atom stereocenters. The molecule has 1 aliphatic heterocycles. The highest BCUT2D eigenvalue weighted by Gasteiger charge is 2.24. The van der Waals surface area contributed by atoms with E-state index in [9.17, 15) is 0 Å². The fourth-order valence-electron chi connectivity index (χ4n) is 3.56. The van der Waals surface area contributed by atoms with Gasteiger partial charge in [0.15, 0.2) is 0 Å². The third-order valence-electron chi connectivity index (χ3n) is 4.99. The highest BCUT2D eigenvalue weighted by molar-refractivity contribution is 5.60. The van der Waals surface area contributed by atoms with E-state index in [-0.39, 0.29) is 6.10 Å². The van der Waals surface area contributed by atoms with Crippen LogP contribution in [-0.2, 0) is 18.3 Å². The van der Waals surface area contributed by atoms with Crippen molar-refractivity contribution in [3.8, 4) is 11.1 Å². The SMILES string of the molecule is CN(C)c1ncccc1CN1CCO[C@H](c2ccc(-c3cnn(C)c3)cn2)C1. The molecule has 7 heteroatoms. The monoisotopic (exact) mass is 378 g/mol. The van der Waals surface area contributed by atoms with E-state index in [0.717, 1.165) is 42.3 Å². The Morgan fingerprint density at radius 2 is 2.04 bits per heavy atom. The van der Waals surface area contributed by atoms with E-state index in [0.29, 0.717) is 6.61 Å². The summed E-state index contributed by atoms with van der Waals surface area (Å²) >= 11 is 0. The lowest BCUT2D eigenvalue weighted by atomic mass is 10.1. The van der Waals surface area contributed by atoms with Crippen molar-refractivity contribution in [3.05, 3.63) is 60.3 Å². The molecule has 0 N–H and O–H groups in total. The molecule has 28 heavy (non-hydrogen) atoms. The first kappa shape index (κ1) is 18.6. The van der Waals surface area contributed by atoms with Crippen molar-refractivity contribution in [2.45, 2.75) is 12.6 Å². The van der Waals surface area contributed by atoms with Gasteiger partial charge in [0.1, 0.15) is 11.9 Å². The first-order chi connectivity index (χ1) is 13.6. The molecule has 3 aromatic heterocycles. The molecule has 1 atom stereocenters. The van der Waals surface area contributed by atoms with Gasteiger partial charge in [-0.25, -0.2) is 4.98 Å². The second-order valence-corrected chi connectivity index (χ2v) is 7.35. The fourth-order valence-corrected chi connectivity index (χ4v) is 3.56. The average Bonchev–Trinajstić information content (AvgIpc) is 3.15. The van der Waals surface area contributed by atoms with Crippen LogP contribution >= 0.6 is 0 Å². The van der Waals surface area contributed by atoms with E-state index in [1.54, 1.807) is 4.68 Å². The van der Waals surface area contributed by atoms with Crippen molar-refractivity contribution in [3.63, 3.8) is 0 Å². The van der Waals surface area contributed by atoms with Crippen LogP contribution in [0.15, 0.2) is 49.1 Å². The summed E-state index contributed by atoms with van der Waals surface area (Å²) in [4.78, 5) is 13.6. The Morgan fingerprint density at radius 1 is 1.14 bits per heavy atom. The Hall–Kier alpha value is -2.77. The Balaban J connectivity index is 1.45.